The molecule has 3 N–H and O–H groups in total. The number of rotatable bonds is 2. The first-order valence-corrected chi connectivity index (χ1v) is 3.16. The topological polar surface area (TPSA) is 73.3 Å². The zero-order chi connectivity index (χ0) is 8.43. The number of H-pyrrole nitrogens is 1. The summed E-state index contributed by atoms with van der Waals surface area (Å²) in [6.07, 6.45) is 1.39. The van der Waals surface area contributed by atoms with Crippen LogP contribution in [0.15, 0.2) is 12.3 Å². The molecule has 0 aromatic carbocycles. The second kappa shape index (κ2) is 2.90. The molecular formula is C6H8BNO3. The Labute approximate surface area is 64.0 Å². The molecule has 0 unspecified atom stereocenters. The van der Waals surface area contributed by atoms with Crippen LogP contribution < -0.4 is 5.46 Å². The van der Waals surface area contributed by atoms with Crippen LogP contribution in [0.4, 0.5) is 0 Å². The van der Waals surface area contributed by atoms with Crippen molar-refractivity contribution in [1.82, 2.24) is 4.98 Å². The summed E-state index contributed by atoms with van der Waals surface area (Å²) in [6, 6.07) is 1.41. The minimum Gasteiger partial charge on any atom is -0.423 e. The van der Waals surface area contributed by atoms with Gasteiger partial charge in [-0.25, -0.2) is 0 Å². The van der Waals surface area contributed by atoms with Crippen LogP contribution in [-0.2, 0) is 0 Å². The van der Waals surface area contributed by atoms with E-state index in [2.05, 4.69) is 4.98 Å². The average Bonchev–Trinajstić information content (AvgIpc) is 2.33. The fraction of sp³-hybridized carbons (Fsp3) is 0.167. The van der Waals surface area contributed by atoms with Gasteiger partial charge in [-0.1, -0.05) is 0 Å². The molecule has 0 amide bonds. The van der Waals surface area contributed by atoms with Crippen LogP contribution in [0.1, 0.15) is 17.4 Å². The lowest BCUT2D eigenvalue weighted by atomic mass is 9.82. The summed E-state index contributed by atoms with van der Waals surface area (Å²) in [5.74, 6) is -0.128. The smallest absolute Gasteiger partial charge is 0.423 e. The van der Waals surface area contributed by atoms with E-state index in [-0.39, 0.29) is 5.78 Å². The van der Waals surface area contributed by atoms with Crippen molar-refractivity contribution in [3.05, 3.63) is 18.0 Å². The molecule has 1 aromatic rings. The minimum atomic E-state index is -1.51. The lowest BCUT2D eigenvalue weighted by molar-refractivity contribution is 0.101. The molecule has 0 aliphatic carbocycles. The van der Waals surface area contributed by atoms with E-state index in [1.54, 1.807) is 0 Å². The highest BCUT2D eigenvalue weighted by atomic mass is 16.4. The van der Waals surface area contributed by atoms with Crippen LogP contribution in [0, 0.1) is 0 Å². The van der Waals surface area contributed by atoms with Gasteiger partial charge in [0, 0.05) is 18.6 Å². The van der Waals surface area contributed by atoms with E-state index in [0.29, 0.717) is 11.2 Å². The predicted molar refractivity (Wildman–Crippen MR) is 40.6 cm³/mol. The summed E-state index contributed by atoms with van der Waals surface area (Å²) in [5.41, 5.74) is 0.684. The van der Waals surface area contributed by atoms with Gasteiger partial charge in [0.2, 0.25) is 0 Å². The van der Waals surface area contributed by atoms with Crippen molar-refractivity contribution in [3.63, 3.8) is 0 Å². The van der Waals surface area contributed by atoms with Crippen molar-refractivity contribution < 1.29 is 14.8 Å². The van der Waals surface area contributed by atoms with Crippen molar-refractivity contribution >= 4 is 18.4 Å². The molecule has 1 aromatic heterocycles. The van der Waals surface area contributed by atoms with Crippen LogP contribution in [0.25, 0.3) is 0 Å². The second-order valence-electron chi connectivity index (χ2n) is 2.28. The number of carbonyl (C=O) groups is 1. The third-order valence-electron chi connectivity index (χ3n) is 1.38. The van der Waals surface area contributed by atoms with Gasteiger partial charge in [-0.3, -0.25) is 4.79 Å². The standard InChI is InChI=1S/C6H8BNO3/c1-4(9)6-2-5(3-8-6)7(10)11/h2-3,8,10-11H,1H3. The molecule has 1 heterocycles. The quantitative estimate of drug-likeness (QED) is 0.372. The normalized spacial score (nSPS) is 9.73. The van der Waals surface area contributed by atoms with Crippen LogP contribution in [0.2, 0.25) is 0 Å². The first kappa shape index (κ1) is 8.04. The molecule has 0 aliphatic heterocycles. The van der Waals surface area contributed by atoms with Crippen LogP contribution in [0.5, 0.6) is 0 Å². The molecule has 58 valence electrons. The highest BCUT2D eigenvalue weighted by Crippen LogP contribution is 1.93. The number of nitrogens with one attached hydrogen (secondary N) is 1. The molecule has 0 saturated carbocycles. The summed E-state index contributed by atoms with van der Waals surface area (Å²) < 4.78 is 0. The Morgan fingerprint density at radius 2 is 2.27 bits per heavy atom. The van der Waals surface area contributed by atoms with Gasteiger partial charge < -0.3 is 15.0 Å². The Hall–Kier alpha value is -1.07. The van der Waals surface area contributed by atoms with Gasteiger partial charge >= 0.3 is 7.12 Å². The molecule has 0 bridgehead atoms. The first-order valence-electron chi connectivity index (χ1n) is 3.16. The number of hydrogen-bond acceptors (Lipinski definition) is 3. The third-order valence-corrected chi connectivity index (χ3v) is 1.38. The SMILES string of the molecule is CC(=O)c1cc(B(O)O)c[nH]1. The van der Waals surface area contributed by atoms with Gasteiger partial charge in [-0.15, -0.1) is 0 Å². The summed E-state index contributed by atoms with van der Waals surface area (Å²) in [7, 11) is -1.51. The molecule has 0 radical (unpaired) electrons. The molecular weight excluding hydrogens is 145 g/mol. The van der Waals surface area contributed by atoms with E-state index in [0.717, 1.165) is 0 Å². The van der Waals surface area contributed by atoms with E-state index in [4.69, 9.17) is 10.0 Å². The molecule has 0 aliphatic rings. The number of ketones is 1. The maximum absolute atomic E-state index is 10.7. The molecule has 0 atom stereocenters. The predicted octanol–water partition coefficient (Wildman–Crippen LogP) is -1.10. The number of hydrogen-bond donors (Lipinski definition) is 3. The number of Topliss-reactive ketones (excluding diaryl/α,β-unsaturated/α-hetero) is 1. The van der Waals surface area contributed by atoms with Gasteiger partial charge in [-0.05, 0) is 6.07 Å². The fourth-order valence-corrected chi connectivity index (χ4v) is 0.763. The molecule has 1 rings (SSSR count). The molecule has 11 heavy (non-hydrogen) atoms. The molecule has 5 heteroatoms. The van der Waals surface area contributed by atoms with Gasteiger partial charge in [0.25, 0.3) is 0 Å². The lowest BCUT2D eigenvalue weighted by Gasteiger charge is -1.88. The summed E-state index contributed by atoms with van der Waals surface area (Å²) in [4.78, 5) is 13.3. The maximum atomic E-state index is 10.7. The molecule has 0 spiro atoms. The average molecular weight is 153 g/mol. The first-order chi connectivity index (χ1) is 5.11. The molecule has 0 saturated heterocycles. The van der Waals surface area contributed by atoms with Gasteiger partial charge in [0.05, 0.1) is 5.69 Å². The van der Waals surface area contributed by atoms with Crippen molar-refractivity contribution in [1.29, 1.82) is 0 Å². The van der Waals surface area contributed by atoms with Crippen LogP contribution in [-0.4, -0.2) is 27.9 Å². The molecule has 0 fully saturated rings. The summed E-state index contributed by atoms with van der Waals surface area (Å²) in [6.45, 7) is 1.40. The Balaban J connectivity index is 2.90. The fourth-order valence-electron chi connectivity index (χ4n) is 0.763. The van der Waals surface area contributed by atoms with E-state index in [1.165, 1.54) is 19.2 Å². The van der Waals surface area contributed by atoms with E-state index < -0.39 is 7.12 Å². The summed E-state index contributed by atoms with van der Waals surface area (Å²) in [5, 5.41) is 17.3. The van der Waals surface area contributed by atoms with E-state index >= 15 is 0 Å². The largest absolute Gasteiger partial charge is 0.490 e. The van der Waals surface area contributed by atoms with Gasteiger partial charge in [-0.2, -0.15) is 0 Å². The van der Waals surface area contributed by atoms with Crippen molar-refractivity contribution in [2.45, 2.75) is 6.92 Å². The summed E-state index contributed by atoms with van der Waals surface area (Å²) >= 11 is 0. The van der Waals surface area contributed by atoms with Crippen LogP contribution >= 0.6 is 0 Å². The molecule has 4 nitrogen and oxygen atoms in total. The Kier molecular flexibility index (Phi) is 2.12. The van der Waals surface area contributed by atoms with Crippen molar-refractivity contribution in [2.24, 2.45) is 0 Å². The Bertz CT molecular complexity index is 269. The maximum Gasteiger partial charge on any atom is 0.490 e. The van der Waals surface area contributed by atoms with Gasteiger partial charge in [0.15, 0.2) is 5.78 Å². The van der Waals surface area contributed by atoms with E-state index in [9.17, 15) is 4.79 Å². The van der Waals surface area contributed by atoms with Crippen LogP contribution in [0.3, 0.4) is 0 Å². The van der Waals surface area contributed by atoms with Crippen molar-refractivity contribution in [2.75, 3.05) is 0 Å². The highest BCUT2D eigenvalue weighted by molar-refractivity contribution is 6.58. The third kappa shape index (κ3) is 1.69. The minimum absolute atomic E-state index is 0.128. The lowest BCUT2D eigenvalue weighted by Crippen LogP contribution is -2.28. The Morgan fingerprint density at radius 3 is 2.55 bits per heavy atom. The number of aromatic amines is 1. The second-order valence-corrected chi connectivity index (χ2v) is 2.28. The van der Waals surface area contributed by atoms with Crippen molar-refractivity contribution in [3.8, 4) is 0 Å². The highest BCUT2D eigenvalue weighted by Gasteiger charge is 2.13. The monoisotopic (exact) mass is 153 g/mol. The zero-order valence-corrected chi connectivity index (χ0v) is 6.03. The number of carbonyl (C=O) groups excluding carboxylic acids is 1. The van der Waals surface area contributed by atoms with Gasteiger partial charge in [0.1, 0.15) is 0 Å². The van der Waals surface area contributed by atoms with E-state index in [1.807, 2.05) is 0 Å². The Morgan fingerprint density at radius 1 is 1.64 bits per heavy atom. The zero-order valence-electron chi connectivity index (χ0n) is 6.03. The number of aromatic nitrogens is 1.